The van der Waals surface area contributed by atoms with Crippen molar-refractivity contribution in [3.8, 4) is 0 Å². The number of nitrogens with two attached hydrogens (primary N) is 1. The van der Waals surface area contributed by atoms with E-state index < -0.39 is 0 Å². The van der Waals surface area contributed by atoms with Crippen LogP contribution in [0.4, 0.5) is 0 Å². The topological polar surface area (TPSA) is 72.9 Å². The van der Waals surface area contributed by atoms with Crippen molar-refractivity contribution in [2.75, 3.05) is 6.54 Å². The Morgan fingerprint density at radius 2 is 2.41 bits per heavy atom. The Hall–Kier alpha value is -1.36. The minimum atomic E-state index is -0.00823. The second-order valence-electron chi connectivity index (χ2n) is 4.23. The number of hydrogen-bond acceptors (Lipinski definition) is 3. The first kappa shape index (κ1) is 13.7. The van der Waals surface area contributed by atoms with Gasteiger partial charge in [0, 0.05) is 37.9 Å². The Morgan fingerprint density at radius 1 is 1.59 bits per heavy atom. The molecule has 0 saturated heterocycles. The molecule has 96 valence electrons. The highest BCUT2D eigenvalue weighted by molar-refractivity contribution is 5.76. The van der Waals surface area contributed by atoms with Crippen molar-refractivity contribution in [2.45, 2.75) is 45.2 Å². The summed E-state index contributed by atoms with van der Waals surface area (Å²) in [5.74, 6) is 0.0476. The molecule has 0 saturated carbocycles. The van der Waals surface area contributed by atoms with Crippen LogP contribution in [0.5, 0.6) is 0 Å². The average Bonchev–Trinajstić information content (AvgIpc) is 2.77. The van der Waals surface area contributed by atoms with E-state index in [1.165, 1.54) is 0 Å². The lowest BCUT2D eigenvalue weighted by Gasteiger charge is -2.10. The van der Waals surface area contributed by atoms with E-state index in [-0.39, 0.29) is 11.9 Å². The summed E-state index contributed by atoms with van der Waals surface area (Å²) in [6.45, 7) is 3.58. The number of aromatic nitrogens is 2. The molecule has 3 N–H and O–H groups in total. The molecule has 17 heavy (non-hydrogen) atoms. The van der Waals surface area contributed by atoms with Crippen LogP contribution < -0.4 is 11.1 Å². The molecule has 0 aliphatic rings. The van der Waals surface area contributed by atoms with Crippen LogP contribution in [0.25, 0.3) is 0 Å². The highest BCUT2D eigenvalue weighted by Crippen LogP contribution is 1.98. The molecule has 0 spiro atoms. The molecule has 5 heteroatoms. The minimum Gasteiger partial charge on any atom is -0.356 e. The largest absolute Gasteiger partial charge is 0.356 e. The van der Waals surface area contributed by atoms with Gasteiger partial charge in [-0.1, -0.05) is 13.3 Å². The Balaban J connectivity index is 2.04. The van der Waals surface area contributed by atoms with Gasteiger partial charge in [0.15, 0.2) is 0 Å². The summed E-state index contributed by atoms with van der Waals surface area (Å²) in [6.07, 6.45) is 6.90. The van der Waals surface area contributed by atoms with E-state index in [2.05, 4.69) is 17.3 Å². The van der Waals surface area contributed by atoms with E-state index in [0.717, 1.165) is 25.8 Å². The molecule has 1 amide bonds. The van der Waals surface area contributed by atoms with Gasteiger partial charge in [-0.15, -0.1) is 0 Å². The summed E-state index contributed by atoms with van der Waals surface area (Å²) in [7, 11) is 0. The molecular weight excluding hydrogens is 216 g/mol. The number of amides is 1. The van der Waals surface area contributed by atoms with Crippen molar-refractivity contribution >= 4 is 5.91 Å². The van der Waals surface area contributed by atoms with E-state index in [4.69, 9.17) is 5.73 Å². The van der Waals surface area contributed by atoms with Crippen molar-refractivity contribution in [1.29, 1.82) is 0 Å². The summed E-state index contributed by atoms with van der Waals surface area (Å²) >= 11 is 0. The molecule has 1 heterocycles. The second kappa shape index (κ2) is 7.84. The van der Waals surface area contributed by atoms with Crippen molar-refractivity contribution in [3.63, 3.8) is 0 Å². The molecule has 1 unspecified atom stereocenters. The van der Waals surface area contributed by atoms with E-state index in [0.29, 0.717) is 13.0 Å². The quantitative estimate of drug-likeness (QED) is 0.661. The Labute approximate surface area is 102 Å². The van der Waals surface area contributed by atoms with Crippen molar-refractivity contribution < 1.29 is 4.79 Å². The van der Waals surface area contributed by atoms with Crippen molar-refractivity contribution in [1.82, 2.24) is 15.1 Å². The standard InChI is InChI=1S/C12H22N4O/c1-2-5-11(13)10-12(17)14-6-3-8-16-9-4-7-15-16/h4,7,9,11H,2-3,5-6,8,10,13H2,1H3,(H,14,17). The first-order chi connectivity index (χ1) is 8.22. The van der Waals surface area contributed by atoms with Gasteiger partial charge in [0.1, 0.15) is 0 Å². The van der Waals surface area contributed by atoms with Crippen LogP contribution in [0.15, 0.2) is 18.5 Å². The van der Waals surface area contributed by atoms with Gasteiger partial charge in [-0.2, -0.15) is 5.10 Å². The number of hydrogen-bond donors (Lipinski definition) is 2. The van der Waals surface area contributed by atoms with Crippen LogP contribution in [0.2, 0.25) is 0 Å². The van der Waals surface area contributed by atoms with E-state index in [1.54, 1.807) is 6.20 Å². The summed E-state index contributed by atoms with van der Waals surface area (Å²) in [5, 5.41) is 6.96. The zero-order valence-electron chi connectivity index (χ0n) is 10.4. The first-order valence-corrected chi connectivity index (χ1v) is 6.22. The third-order valence-electron chi connectivity index (χ3n) is 2.55. The number of carbonyl (C=O) groups excluding carboxylic acids is 1. The monoisotopic (exact) mass is 238 g/mol. The summed E-state index contributed by atoms with van der Waals surface area (Å²) in [4.78, 5) is 11.5. The lowest BCUT2D eigenvalue weighted by atomic mass is 10.1. The number of aryl methyl sites for hydroxylation is 1. The van der Waals surface area contributed by atoms with E-state index >= 15 is 0 Å². The molecule has 0 radical (unpaired) electrons. The maximum Gasteiger partial charge on any atom is 0.221 e. The number of carbonyl (C=O) groups is 1. The predicted molar refractivity (Wildman–Crippen MR) is 67.4 cm³/mol. The normalized spacial score (nSPS) is 12.4. The second-order valence-corrected chi connectivity index (χ2v) is 4.23. The van der Waals surface area contributed by atoms with Gasteiger partial charge >= 0.3 is 0 Å². The molecule has 1 rings (SSSR count). The maximum absolute atomic E-state index is 11.5. The van der Waals surface area contributed by atoms with Crippen LogP contribution in [0.1, 0.15) is 32.6 Å². The smallest absolute Gasteiger partial charge is 0.221 e. The molecule has 0 aliphatic carbocycles. The summed E-state index contributed by atoms with van der Waals surface area (Å²) < 4.78 is 1.86. The highest BCUT2D eigenvalue weighted by Gasteiger charge is 2.07. The fraction of sp³-hybridized carbons (Fsp3) is 0.667. The molecule has 5 nitrogen and oxygen atoms in total. The molecule has 0 fully saturated rings. The molecule has 1 aromatic rings. The van der Waals surface area contributed by atoms with Gasteiger partial charge in [0.25, 0.3) is 0 Å². The van der Waals surface area contributed by atoms with Crippen molar-refractivity contribution in [2.24, 2.45) is 5.73 Å². The fourth-order valence-corrected chi connectivity index (χ4v) is 1.68. The zero-order chi connectivity index (χ0) is 12.5. The molecule has 1 atom stereocenters. The van der Waals surface area contributed by atoms with Gasteiger partial charge in [-0.05, 0) is 18.9 Å². The predicted octanol–water partition coefficient (Wildman–Crippen LogP) is 0.907. The molecule has 0 aliphatic heterocycles. The average molecular weight is 238 g/mol. The van der Waals surface area contributed by atoms with Crippen LogP contribution in [0, 0.1) is 0 Å². The highest BCUT2D eigenvalue weighted by atomic mass is 16.1. The zero-order valence-corrected chi connectivity index (χ0v) is 10.4. The molecule has 0 bridgehead atoms. The number of rotatable bonds is 8. The van der Waals surface area contributed by atoms with Gasteiger partial charge in [-0.25, -0.2) is 0 Å². The van der Waals surface area contributed by atoms with E-state index in [1.807, 2.05) is 16.9 Å². The summed E-state index contributed by atoms with van der Waals surface area (Å²) in [5.41, 5.74) is 5.79. The van der Waals surface area contributed by atoms with Crippen LogP contribution in [-0.4, -0.2) is 28.3 Å². The third-order valence-corrected chi connectivity index (χ3v) is 2.55. The van der Waals surface area contributed by atoms with E-state index in [9.17, 15) is 4.79 Å². The van der Waals surface area contributed by atoms with Crippen LogP contribution in [-0.2, 0) is 11.3 Å². The molecular formula is C12H22N4O. The van der Waals surface area contributed by atoms with Gasteiger partial charge < -0.3 is 11.1 Å². The third kappa shape index (κ3) is 6.06. The Bertz CT molecular complexity index is 310. The van der Waals surface area contributed by atoms with Gasteiger partial charge in [-0.3, -0.25) is 9.48 Å². The Kier molecular flexibility index (Phi) is 6.32. The van der Waals surface area contributed by atoms with Crippen LogP contribution >= 0.6 is 0 Å². The van der Waals surface area contributed by atoms with Gasteiger partial charge in [0.05, 0.1) is 0 Å². The number of nitrogens with one attached hydrogen (secondary N) is 1. The lowest BCUT2D eigenvalue weighted by Crippen LogP contribution is -2.32. The summed E-state index contributed by atoms with van der Waals surface area (Å²) in [6, 6.07) is 1.88. The fourth-order valence-electron chi connectivity index (χ4n) is 1.68. The number of nitrogens with zero attached hydrogens (tertiary/aromatic N) is 2. The molecule has 0 aromatic carbocycles. The lowest BCUT2D eigenvalue weighted by molar-refractivity contribution is -0.121. The molecule has 1 aromatic heterocycles. The van der Waals surface area contributed by atoms with Gasteiger partial charge in [0.2, 0.25) is 5.91 Å². The maximum atomic E-state index is 11.5. The SMILES string of the molecule is CCCC(N)CC(=O)NCCCn1cccn1. The van der Waals surface area contributed by atoms with Crippen LogP contribution in [0.3, 0.4) is 0 Å². The minimum absolute atomic E-state index is 0.00823. The Morgan fingerprint density at radius 3 is 3.06 bits per heavy atom. The first-order valence-electron chi connectivity index (χ1n) is 6.22. The van der Waals surface area contributed by atoms with Crippen molar-refractivity contribution in [3.05, 3.63) is 18.5 Å².